The molecule has 4 N–H and O–H groups in total. The highest BCUT2D eigenvalue weighted by molar-refractivity contribution is 5.83. The standard InChI is InChI=1S/C14H26N2O4/c1-14(2,3)11(12(18)19)16-13(20)15-9-7-5-4-6-8-10(9)17/h9-11,17H,4-8H2,1-3H3,(H,18,19)(H2,15,16,20)/t9?,10?,11-/m1/s1. The largest absolute Gasteiger partial charge is 0.480 e. The van der Waals surface area contributed by atoms with Crippen LogP contribution in [0.3, 0.4) is 0 Å². The third-order valence-corrected chi connectivity index (χ3v) is 3.68. The van der Waals surface area contributed by atoms with Crippen molar-refractivity contribution >= 4 is 12.0 Å². The van der Waals surface area contributed by atoms with E-state index in [9.17, 15) is 14.7 Å². The van der Waals surface area contributed by atoms with Gasteiger partial charge in [-0.3, -0.25) is 0 Å². The molecular formula is C14H26N2O4. The molecule has 116 valence electrons. The second-order valence-electron chi connectivity index (χ2n) is 6.57. The first kappa shape index (κ1) is 16.8. The third kappa shape index (κ3) is 5.00. The van der Waals surface area contributed by atoms with E-state index >= 15 is 0 Å². The molecule has 0 aromatic rings. The lowest BCUT2D eigenvalue weighted by molar-refractivity contribution is -0.141. The average molecular weight is 286 g/mol. The Morgan fingerprint density at radius 3 is 2.30 bits per heavy atom. The molecule has 1 rings (SSSR count). The SMILES string of the molecule is CC(C)(C)[C@H](NC(=O)NC1CCCCCC1O)C(=O)O. The van der Waals surface area contributed by atoms with E-state index < -0.39 is 29.6 Å². The monoisotopic (exact) mass is 286 g/mol. The van der Waals surface area contributed by atoms with Gasteiger partial charge in [-0.2, -0.15) is 0 Å². The Hall–Kier alpha value is -1.30. The second kappa shape index (κ2) is 6.92. The summed E-state index contributed by atoms with van der Waals surface area (Å²) in [5.41, 5.74) is -0.578. The van der Waals surface area contributed by atoms with Crippen molar-refractivity contribution in [1.29, 1.82) is 0 Å². The Balaban J connectivity index is 2.59. The highest BCUT2D eigenvalue weighted by Gasteiger charge is 2.33. The van der Waals surface area contributed by atoms with Gasteiger partial charge in [0.25, 0.3) is 0 Å². The smallest absolute Gasteiger partial charge is 0.326 e. The molecule has 1 fully saturated rings. The van der Waals surface area contributed by atoms with Crippen molar-refractivity contribution in [3.8, 4) is 0 Å². The topological polar surface area (TPSA) is 98.7 Å². The van der Waals surface area contributed by atoms with Gasteiger partial charge in [0.1, 0.15) is 6.04 Å². The molecule has 3 atom stereocenters. The van der Waals surface area contributed by atoms with E-state index in [0.717, 1.165) is 25.7 Å². The van der Waals surface area contributed by atoms with Gasteiger partial charge >= 0.3 is 12.0 Å². The molecule has 0 spiro atoms. The number of aliphatic hydroxyl groups excluding tert-OH is 1. The van der Waals surface area contributed by atoms with Gasteiger partial charge in [0.2, 0.25) is 0 Å². The van der Waals surface area contributed by atoms with Gasteiger partial charge in [0, 0.05) is 0 Å². The van der Waals surface area contributed by atoms with Crippen LogP contribution in [0.15, 0.2) is 0 Å². The van der Waals surface area contributed by atoms with Crippen LogP contribution in [-0.2, 0) is 4.79 Å². The lowest BCUT2D eigenvalue weighted by Crippen LogP contribution is -2.55. The summed E-state index contributed by atoms with van der Waals surface area (Å²) >= 11 is 0. The maximum Gasteiger partial charge on any atom is 0.326 e. The predicted molar refractivity (Wildman–Crippen MR) is 75.4 cm³/mol. The third-order valence-electron chi connectivity index (χ3n) is 3.68. The van der Waals surface area contributed by atoms with E-state index in [-0.39, 0.29) is 6.04 Å². The van der Waals surface area contributed by atoms with Crippen molar-refractivity contribution < 1.29 is 19.8 Å². The Morgan fingerprint density at radius 2 is 1.75 bits per heavy atom. The van der Waals surface area contributed by atoms with Gasteiger partial charge in [-0.25, -0.2) is 9.59 Å². The van der Waals surface area contributed by atoms with Crippen LogP contribution in [0.4, 0.5) is 4.79 Å². The van der Waals surface area contributed by atoms with Gasteiger partial charge in [0.15, 0.2) is 0 Å². The first-order chi connectivity index (χ1) is 9.21. The zero-order valence-electron chi connectivity index (χ0n) is 12.5. The van der Waals surface area contributed by atoms with Crippen molar-refractivity contribution in [2.24, 2.45) is 5.41 Å². The highest BCUT2D eigenvalue weighted by atomic mass is 16.4. The molecule has 0 bridgehead atoms. The quantitative estimate of drug-likeness (QED) is 0.591. The second-order valence-corrected chi connectivity index (χ2v) is 6.57. The minimum atomic E-state index is -1.06. The number of amides is 2. The number of nitrogens with one attached hydrogen (secondary N) is 2. The number of aliphatic carboxylic acids is 1. The molecule has 6 nitrogen and oxygen atoms in total. The summed E-state index contributed by atoms with van der Waals surface area (Å²) in [6, 6.07) is -1.80. The van der Waals surface area contributed by atoms with Crippen LogP contribution in [0.25, 0.3) is 0 Å². The van der Waals surface area contributed by atoms with Gasteiger partial charge in [0.05, 0.1) is 12.1 Å². The Labute approximate surface area is 119 Å². The first-order valence-corrected chi connectivity index (χ1v) is 7.19. The fraction of sp³-hybridized carbons (Fsp3) is 0.857. The Kier molecular flexibility index (Phi) is 5.80. The summed E-state index contributed by atoms with van der Waals surface area (Å²) in [7, 11) is 0. The van der Waals surface area contributed by atoms with Crippen molar-refractivity contribution in [2.75, 3.05) is 0 Å². The summed E-state index contributed by atoms with van der Waals surface area (Å²) in [6.07, 6.45) is 3.82. The van der Waals surface area contributed by atoms with Crippen LogP contribution in [0.1, 0.15) is 52.9 Å². The maximum atomic E-state index is 11.9. The number of urea groups is 1. The van der Waals surface area contributed by atoms with Crippen LogP contribution in [-0.4, -0.2) is 40.4 Å². The summed E-state index contributed by atoms with van der Waals surface area (Å²) in [6.45, 7) is 5.27. The van der Waals surface area contributed by atoms with Crippen molar-refractivity contribution in [2.45, 2.75) is 71.1 Å². The molecule has 0 heterocycles. The Morgan fingerprint density at radius 1 is 1.15 bits per heavy atom. The molecule has 6 heteroatoms. The van der Waals surface area contributed by atoms with Crippen LogP contribution in [0, 0.1) is 5.41 Å². The molecule has 2 amide bonds. The summed E-state index contributed by atoms with van der Waals surface area (Å²) in [5, 5.41) is 24.3. The summed E-state index contributed by atoms with van der Waals surface area (Å²) < 4.78 is 0. The minimum absolute atomic E-state index is 0.299. The number of hydrogen-bond acceptors (Lipinski definition) is 3. The number of carboxylic acid groups (broad SMARTS) is 1. The van der Waals surface area contributed by atoms with Gasteiger partial charge in [-0.15, -0.1) is 0 Å². The average Bonchev–Trinajstić information content (AvgIpc) is 2.50. The molecule has 0 radical (unpaired) electrons. The molecule has 0 saturated heterocycles. The van der Waals surface area contributed by atoms with Crippen LogP contribution in [0.2, 0.25) is 0 Å². The fourth-order valence-electron chi connectivity index (χ4n) is 2.45. The predicted octanol–water partition coefficient (Wildman–Crippen LogP) is 1.48. The number of rotatable bonds is 3. The van der Waals surface area contributed by atoms with Crippen molar-refractivity contribution in [3.05, 3.63) is 0 Å². The van der Waals surface area contributed by atoms with Crippen LogP contribution >= 0.6 is 0 Å². The maximum absolute atomic E-state index is 11.9. The molecule has 20 heavy (non-hydrogen) atoms. The molecule has 0 aromatic heterocycles. The van der Waals surface area contributed by atoms with E-state index in [2.05, 4.69) is 10.6 Å². The molecule has 2 unspecified atom stereocenters. The molecule has 0 aliphatic heterocycles. The fourth-order valence-corrected chi connectivity index (χ4v) is 2.45. The van der Waals surface area contributed by atoms with Crippen molar-refractivity contribution in [1.82, 2.24) is 10.6 Å². The number of carbonyl (C=O) groups excluding carboxylic acids is 1. The van der Waals surface area contributed by atoms with E-state index in [1.807, 2.05) is 0 Å². The summed E-state index contributed by atoms with van der Waals surface area (Å²) in [5.74, 6) is -1.06. The molecule has 1 aliphatic rings. The van der Waals surface area contributed by atoms with Gasteiger partial charge in [-0.1, -0.05) is 40.0 Å². The van der Waals surface area contributed by atoms with E-state index in [1.165, 1.54) is 0 Å². The number of carbonyl (C=O) groups is 2. The normalized spacial score (nSPS) is 25.4. The zero-order chi connectivity index (χ0) is 15.3. The van der Waals surface area contributed by atoms with E-state index in [0.29, 0.717) is 6.42 Å². The van der Waals surface area contributed by atoms with Crippen LogP contribution in [0.5, 0.6) is 0 Å². The van der Waals surface area contributed by atoms with Gasteiger partial charge in [-0.05, 0) is 18.3 Å². The summed E-state index contributed by atoms with van der Waals surface area (Å²) in [4.78, 5) is 23.1. The van der Waals surface area contributed by atoms with Gasteiger partial charge < -0.3 is 20.8 Å². The molecular weight excluding hydrogens is 260 g/mol. The molecule has 1 saturated carbocycles. The highest BCUT2D eigenvalue weighted by Crippen LogP contribution is 2.20. The first-order valence-electron chi connectivity index (χ1n) is 7.19. The van der Waals surface area contributed by atoms with E-state index in [4.69, 9.17) is 5.11 Å². The minimum Gasteiger partial charge on any atom is -0.480 e. The number of carboxylic acids is 1. The molecule has 1 aliphatic carbocycles. The lowest BCUT2D eigenvalue weighted by atomic mass is 9.87. The van der Waals surface area contributed by atoms with Crippen molar-refractivity contribution in [3.63, 3.8) is 0 Å². The van der Waals surface area contributed by atoms with E-state index in [1.54, 1.807) is 20.8 Å². The molecule has 0 aromatic carbocycles. The van der Waals surface area contributed by atoms with Crippen LogP contribution < -0.4 is 10.6 Å². The number of hydrogen-bond donors (Lipinski definition) is 4. The zero-order valence-corrected chi connectivity index (χ0v) is 12.5. The number of aliphatic hydroxyl groups is 1. The Bertz CT molecular complexity index is 352. The lowest BCUT2D eigenvalue weighted by Gasteiger charge is -2.29.